The van der Waals surface area contributed by atoms with Gasteiger partial charge in [-0.25, -0.2) is 0 Å². The minimum absolute atomic E-state index is 0. The van der Waals surface area contributed by atoms with Crippen LogP contribution < -0.4 is 21.5 Å². The normalized spacial score (nSPS) is 15.7. The first-order valence-corrected chi connectivity index (χ1v) is 11.1. The van der Waals surface area contributed by atoms with Crippen molar-refractivity contribution in [1.82, 2.24) is 21.5 Å². The summed E-state index contributed by atoms with van der Waals surface area (Å²) in [6.07, 6.45) is 9.51. The predicted octanol–water partition coefficient (Wildman–Crippen LogP) is 0.0434. The molecule has 2 rings (SSSR count). The summed E-state index contributed by atoms with van der Waals surface area (Å²) in [4.78, 5) is 42.8. The molecule has 2 aliphatic rings. The summed E-state index contributed by atoms with van der Waals surface area (Å²) in [5.74, 6) is -0.653. The van der Waals surface area contributed by atoms with Crippen molar-refractivity contribution in [2.24, 2.45) is 0 Å². The number of allylic oxidation sites excluding steroid dienone is 8. The summed E-state index contributed by atoms with van der Waals surface area (Å²) < 4.78 is 0. The van der Waals surface area contributed by atoms with Crippen LogP contribution in [0.3, 0.4) is 0 Å². The standard InChI is InChI=1S/2C10H12N4O3S.2Cu/c2*1-2-11-10(18)13-12-6-7-5-8(14(16)17)3-4-9(7)15;;/h2*3-6H,2H2,1H3,(H3,11,12,13,15,18);;/q;;;+2. The monoisotopic (exact) mass is 662 g/mol. The Kier molecular flexibility index (Phi) is 19.9. The number of nitrogens with one attached hydrogen (secondary N) is 4. The van der Waals surface area contributed by atoms with Crippen molar-refractivity contribution in [1.29, 1.82) is 0 Å². The number of hydrogen-bond donors (Lipinski definition) is 4. The van der Waals surface area contributed by atoms with Crippen molar-refractivity contribution in [2.75, 3.05) is 13.1 Å². The van der Waals surface area contributed by atoms with Gasteiger partial charge in [-0.15, -0.1) is 0 Å². The van der Waals surface area contributed by atoms with E-state index in [9.17, 15) is 29.8 Å². The molecule has 4 N–H and O–H groups in total. The summed E-state index contributed by atoms with van der Waals surface area (Å²) >= 11 is 8.01. The van der Waals surface area contributed by atoms with Crippen LogP contribution in [0.5, 0.6) is 0 Å². The molecule has 0 saturated carbocycles. The van der Waals surface area contributed by atoms with Gasteiger partial charge in [0, 0.05) is 52.5 Å². The number of nitro groups is 2. The van der Waals surface area contributed by atoms with Crippen LogP contribution in [0.1, 0.15) is 13.8 Å². The zero-order valence-electron chi connectivity index (χ0n) is 19.8. The first kappa shape index (κ1) is 37.4. The Hall–Kier alpha value is -2.76. The molecule has 18 heteroatoms. The van der Waals surface area contributed by atoms with Gasteiger partial charge in [0.1, 0.15) is 0 Å². The first-order chi connectivity index (χ1) is 17.1. The third-order valence-corrected chi connectivity index (χ3v) is 4.38. The maximum atomic E-state index is 11.4. The van der Waals surface area contributed by atoms with Crippen LogP contribution in [-0.2, 0) is 68.2 Å². The maximum absolute atomic E-state index is 11.4. The van der Waals surface area contributed by atoms with Gasteiger partial charge in [0.2, 0.25) is 0 Å². The van der Waals surface area contributed by atoms with Crippen LogP contribution in [0.15, 0.2) is 71.4 Å². The quantitative estimate of drug-likeness (QED) is 0.0524. The number of carbonyl (C=O) groups excluding carboxylic acids is 2. The van der Waals surface area contributed by atoms with Crippen molar-refractivity contribution in [3.8, 4) is 0 Å². The van der Waals surface area contributed by atoms with E-state index in [1.807, 2.05) is 13.8 Å². The van der Waals surface area contributed by atoms with Gasteiger partial charge in [-0.1, -0.05) is 13.8 Å². The Labute approximate surface area is 249 Å². The van der Waals surface area contributed by atoms with E-state index in [0.717, 1.165) is 24.3 Å². The van der Waals surface area contributed by atoms with Crippen LogP contribution in [0, 0.1) is 20.2 Å². The fourth-order valence-electron chi connectivity index (χ4n) is 2.25. The van der Waals surface area contributed by atoms with E-state index >= 15 is 0 Å². The van der Waals surface area contributed by atoms with Crippen LogP contribution >= 0.6 is 0 Å². The fourth-order valence-corrected chi connectivity index (χ4v) is 2.68. The molecule has 0 aliphatic heterocycles. The molecule has 0 amide bonds. The van der Waals surface area contributed by atoms with E-state index < -0.39 is 9.85 Å². The molecule has 0 aromatic heterocycles. The van der Waals surface area contributed by atoms with E-state index in [1.54, 1.807) is 0 Å². The van der Waals surface area contributed by atoms with Crippen molar-refractivity contribution >= 4 is 46.2 Å². The summed E-state index contributed by atoms with van der Waals surface area (Å²) in [7, 11) is 0. The zero-order valence-corrected chi connectivity index (χ0v) is 23.4. The number of thiol groups is 2. The second-order valence-corrected chi connectivity index (χ2v) is 7.28. The van der Waals surface area contributed by atoms with Gasteiger partial charge in [0.25, 0.3) is 11.4 Å². The molecule has 0 aromatic rings. The van der Waals surface area contributed by atoms with Crippen molar-refractivity contribution < 1.29 is 53.6 Å². The molecule has 212 valence electrons. The van der Waals surface area contributed by atoms with E-state index in [4.69, 9.17) is 0 Å². The molecule has 0 unspecified atom stereocenters. The minimum atomic E-state index is -0.567. The Morgan fingerprint density at radius 3 is 1.45 bits per heavy atom. The SMILES string of the molecule is CCNC(=[SH+])[N-]NC=C1C=C([N+](=O)[O-])C=CC1=O.CCNC(=[SH+])[N-]NC=C1C=C([N+](=O)[O-])C=CC1=O.[Cu+2].[Cu]. The molecule has 0 heterocycles. The van der Waals surface area contributed by atoms with Gasteiger partial charge in [-0.3, -0.25) is 40.5 Å². The molecule has 0 spiro atoms. The van der Waals surface area contributed by atoms with E-state index in [0.29, 0.717) is 23.3 Å². The molecule has 0 aromatic carbocycles. The molecule has 0 fully saturated rings. The average Bonchev–Trinajstić information content (AvgIpc) is 2.82. The molecule has 0 saturated heterocycles. The Bertz CT molecular complexity index is 1030. The van der Waals surface area contributed by atoms with Gasteiger partial charge in [-0.05, 0) is 37.6 Å². The molecular formula is C20H24Cu2N8O6S2+2. The molecule has 0 bridgehead atoms. The van der Waals surface area contributed by atoms with Gasteiger partial charge in [-0.2, -0.15) is 0 Å². The molecule has 2 radical (unpaired) electrons. The molecule has 0 atom stereocenters. The predicted molar refractivity (Wildman–Crippen MR) is 142 cm³/mol. The molecule has 14 nitrogen and oxygen atoms in total. The minimum Gasteiger partial charge on any atom is -0.481 e. The van der Waals surface area contributed by atoms with Gasteiger partial charge in [0.05, 0.1) is 9.85 Å². The summed E-state index contributed by atoms with van der Waals surface area (Å²) in [6.45, 7) is 5.08. The zero-order chi connectivity index (χ0) is 27.1. The molecule has 38 heavy (non-hydrogen) atoms. The van der Waals surface area contributed by atoms with Crippen LogP contribution in [0.2, 0.25) is 0 Å². The van der Waals surface area contributed by atoms with Crippen molar-refractivity contribution in [3.63, 3.8) is 0 Å². The van der Waals surface area contributed by atoms with Gasteiger partial charge >= 0.3 is 17.1 Å². The second kappa shape index (κ2) is 20.2. The molecule has 2 aliphatic carbocycles. The Morgan fingerprint density at radius 2 is 1.16 bits per heavy atom. The van der Waals surface area contributed by atoms with Crippen LogP contribution in [-0.4, -0.2) is 44.7 Å². The second-order valence-electron chi connectivity index (χ2n) is 6.44. The number of carbonyl (C=O) groups is 2. The largest absolute Gasteiger partial charge is 2.00 e. The third-order valence-electron chi connectivity index (χ3n) is 3.86. The molecular weight excluding hydrogens is 639 g/mol. The van der Waals surface area contributed by atoms with E-state index in [1.165, 1.54) is 24.6 Å². The van der Waals surface area contributed by atoms with Crippen LogP contribution in [0.4, 0.5) is 0 Å². The van der Waals surface area contributed by atoms with Crippen molar-refractivity contribution in [2.45, 2.75) is 13.8 Å². The number of ketones is 2. The first-order valence-electron chi connectivity index (χ1n) is 10.2. The van der Waals surface area contributed by atoms with E-state index in [2.05, 4.69) is 56.8 Å². The smallest absolute Gasteiger partial charge is 0.481 e. The average molecular weight is 664 g/mol. The summed E-state index contributed by atoms with van der Waals surface area (Å²) in [5, 5.41) is 27.5. The number of nitrogens with zero attached hydrogens (tertiary/aromatic N) is 4. The third kappa shape index (κ3) is 14.2. The maximum Gasteiger partial charge on any atom is 2.00 e. The fraction of sp³-hybridized carbons (Fsp3) is 0.200. The number of hydrogen-bond acceptors (Lipinski definition) is 8. The summed E-state index contributed by atoms with van der Waals surface area (Å²) in [6, 6.07) is 0. The Morgan fingerprint density at radius 1 is 0.816 bits per heavy atom. The van der Waals surface area contributed by atoms with Gasteiger partial charge in [0.15, 0.2) is 46.2 Å². The summed E-state index contributed by atoms with van der Waals surface area (Å²) in [5.41, 5.74) is 12.6. The van der Waals surface area contributed by atoms with E-state index in [-0.39, 0.29) is 68.2 Å². The topological polar surface area (TPSA) is 197 Å². The number of rotatable bonds is 8. The van der Waals surface area contributed by atoms with Crippen LogP contribution in [0.25, 0.3) is 10.9 Å². The Balaban J connectivity index is 0. The van der Waals surface area contributed by atoms with Gasteiger partial charge < -0.3 is 21.7 Å². The van der Waals surface area contributed by atoms with Crippen molar-refractivity contribution in [3.05, 3.63) is 102 Å².